The zero-order valence-electron chi connectivity index (χ0n) is 15.4. The van der Waals surface area contributed by atoms with E-state index in [9.17, 15) is 0 Å². The van der Waals surface area contributed by atoms with E-state index in [4.69, 9.17) is 0 Å². The molecule has 124 valence electrons. The zero-order chi connectivity index (χ0) is 15.2. The van der Waals surface area contributed by atoms with Gasteiger partial charge in [-0.25, -0.2) is 0 Å². The molecule has 3 aliphatic rings. The Morgan fingerprint density at radius 2 is 1.04 bits per heavy atom. The molecule has 0 N–H and O–H groups in total. The molecule has 0 heterocycles. The first-order valence-corrected chi connectivity index (χ1v) is 9.97. The minimum absolute atomic E-state index is 0. The summed E-state index contributed by atoms with van der Waals surface area (Å²) in [6, 6.07) is 0. The topological polar surface area (TPSA) is 0 Å². The normalized spacial score (nSPS) is 36.5. The first-order valence-electron chi connectivity index (χ1n) is 9.97. The third kappa shape index (κ3) is 5.83. The number of hydrogen-bond acceptors (Lipinski definition) is 0. The molecule has 0 atom stereocenters. The second-order valence-electron chi connectivity index (χ2n) is 8.17. The van der Waals surface area contributed by atoms with Crippen LogP contribution in [0.1, 0.15) is 77.0 Å². The van der Waals surface area contributed by atoms with E-state index in [1.165, 1.54) is 77.0 Å². The van der Waals surface area contributed by atoms with Crippen LogP contribution >= 0.6 is 0 Å². The monoisotopic (exact) mass is 306 g/mol. The molecule has 0 bridgehead atoms. The fraction of sp³-hybridized carbons (Fsp3) is 0.773. The summed E-state index contributed by atoms with van der Waals surface area (Å²) in [4.78, 5) is 0. The molecule has 3 saturated carbocycles. The summed E-state index contributed by atoms with van der Waals surface area (Å²) >= 11 is 0. The van der Waals surface area contributed by atoms with Gasteiger partial charge in [-0.05, 0) is 81.0 Å². The molecule has 0 aromatic heterocycles. The molecule has 0 unspecified atom stereocenters. The SMILES string of the molecule is C=CC1CCC(/C=C/C2CCC(C3CC[CH-]CC3)CC2)CC1.[Li+]. The van der Waals surface area contributed by atoms with Gasteiger partial charge in [0.25, 0.3) is 0 Å². The van der Waals surface area contributed by atoms with Crippen molar-refractivity contribution in [3.8, 4) is 0 Å². The molecule has 0 aliphatic heterocycles. The van der Waals surface area contributed by atoms with E-state index in [1.807, 2.05) is 0 Å². The molecule has 0 saturated heterocycles. The molecular formula is C22H35Li. The Kier molecular flexibility index (Phi) is 8.57. The molecule has 0 aromatic rings. The maximum absolute atomic E-state index is 3.95. The van der Waals surface area contributed by atoms with Crippen LogP contribution in [0, 0.1) is 36.0 Å². The van der Waals surface area contributed by atoms with E-state index in [2.05, 4.69) is 31.2 Å². The first kappa shape index (κ1) is 19.4. The summed E-state index contributed by atoms with van der Waals surface area (Å²) in [6.45, 7) is 3.95. The smallest absolute Gasteiger partial charge is 0.328 e. The van der Waals surface area contributed by atoms with Crippen LogP contribution in [0.15, 0.2) is 24.8 Å². The second kappa shape index (κ2) is 10.2. The van der Waals surface area contributed by atoms with Crippen molar-refractivity contribution in [2.45, 2.75) is 77.0 Å². The van der Waals surface area contributed by atoms with Crippen LogP contribution in [0.4, 0.5) is 0 Å². The summed E-state index contributed by atoms with van der Waals surface area (Å²) in [5.74, 6) is 4.67. The number of rotatable bonds is 4. The van der Waals surface area contributed by atoms with Crippen molar-refractivity contribution in [1.29, 1.82) is 0 Å². The van der Waals surface area contributed by atoms with Crippen molar-refractivity contribution in [3.63, 3.8) is 0 Å². The molecule has 1 heteroatoms. The van der Waals surface area contributed by atoms with Gasteiger partial charge < -0.3 is 6.42 Å². The summed E-state index contributed by atoms with van der Waals surface area (Å²) in [7, 11) is 0. The van der Waals surface area contributed by atoms with Crippen LogP contribution in [-0.2, 0) is 0 Å². The van der Waals surface area contributed by atoms with Gasteiger partial charge in [0.2, 0.25) is 0 Å². The molecule has 23 heavy (non-hydrogen) atoms. The number of hydrogen-bond donors (Lipinski definition) is 0. The van der Waals surface area contributed by atoms with Crippen LogP contribution in [0.3, 0.4) is 0 Å². The average Bonchev–Trinajstić information content (AvgIpc) is 2.61. The molecule has 0 radical (unpaired) electrons. The van der Waals surface area contributed by atoms with Crippen LogP contribution in [0.2, 0.25) is 0 Å². The Bertz CT molecular complexity index is 350. The third-order valence-corrected chi connectivity index (χ3v) is 6.77. The van der Waals surface area contributed by atoms with Crippen molar-refractivity contribution in [2.24, 2.45) is 29.6 Å². The fourth-order valence-electron chi connectivity index (χ4n) is 5.12. The van der Waals surface area contributed by atoms with Gasteiger partial charge in [-0.2, -0.15) is 12.8 Å². The van der Waals surface area contributed by atoms with Crippen LogP contribution in [0.25, 0.3) is 0 Å². The van der Waals surface area contributed by atoms with Gasteiger partial charge in [0, 0.05) is 0 Å². The van der Waals surface area contributed by atoms with E-state index in [-0.39, 0.29) is 18.9 Å². The van der Waals surface area contributed by atoms with Crippen molar-refractivity contribution < 1.29 is 18.9 Å². The summed E-state index contributed by atoms with van der Waals surface area (Å²) in [6.07, 6.45) is 27.0. The van der Waals surface area contributed by atoms with Crippen molar-refractivity contribution in [1.82, 2.24) is 0 Å². The molecule has 0 nitrogen and oxygen atoms in total. The minimum Gasteiger partial charge on any atom is -0.328 e. The second-order valence-corrected chi connectivity index (χ2v) is 8.17. The summed E-state index contributed by atoms with van der Waals surface area (Å²) in [5, 5.41) is 0. The molecule has 3 rings (SSSR count). The molecule has 3 fully saturated rings. The predicted molar refractivity (Wildman–Crippen MR) is 96.5 cm³/mol. The van der Waals surface area contributed by atoms with E-state index in [0.29, 0.717) is 0 Å². The predicted octanol–water partition coefficient (Wildman–Crippen LogP) is 3.74. The molecule has 3 aliphatic carbocycles. The molecule has 0 amide bonds. The zero-order valence-corrected chi connectivity index (χ0v) is 15.4. The van der Waals surface area contributed by atoms with Crippen LogP contribution in [0.5, 0.6) is 0 Å². The standard InChI is InChI=1S/C22H35.Li/c1-2-18-8-10-19(11-9-18)12-13-20-14-16-22(17-15-20)21-6-4-3-5-7-21;/h2-3,12-13,18-22H,1,4-11,14-17H2;/q-1;+1/b13-12+;. The molecule has 0 spiro atoms. The molecule has 0 aromatic carbocycles. The maximum atomic E-state index is 3.95. The van der Waals surface area contributed by atoms with Gasteiger partial charge in [-0.15, -0.1) is 6.58 Å². The Hall–Kier alpha value is 0.0774. The fourth-order valence-corrected chi connectivity index (χ4v) is 5.12. The van der Waals surface area contributed by atoms with Gasteiger partial charge in [0.05, 0.1) is 0 Å². The average molecular weight is 306 g/mol. The Balaban J connectivity index is 0.00000192. The third-order valence-electron chi connectivity index (χ3n) is 6.77. The van der Waals surface area contributed by atoms with E-state index >= 15 is 0 Å². The van der Waals surface area contributed by atoms with Crippen LogP contribution in [-0.4, -0.2) is 0 Å². The summed E-state index contributed by atoms with van der Waals surface area (Å²) in [5.41, 5.74) is 0. The maximum Gasteiger partial charge on any atom is 1.00 e. The van der Waals surface area contributed by atoms with E-state index in [1.54, 1.807) is 0 Å². The van der Waals surface area contributed by atoms with Gasteiger partial charge in [0.1, 0.15) is 0 Å². The minimum atomic E-state index is 0. The number of allylic oxidation sites excluding steroid dienone is 3. The van der Waals surface area contributed by atoms with Crippen molar-refractivity contribution in [2.75, 3.05) is 0 Å². The van der Waals surface area contributed by atoms with Crippen LogP contribution < -0.4 is 18.9 Å². The van der Waals surface area contributed by atoms with Gasteiger partial charge in [-0.1, -0.05) is 31.1 Å². The largest absolute Gasteiger partial charge is 1.00 e. The Morgan fingerprint density at radius 1 is 0.609 bits per heavy atom. The van der Waals surface area contributed by atoms with E-state index in [0.717, 1.165) is 29.6 Å². The van der Waals surface area contributed by atoms with Crippen molar-refractivity contribution in [3.05, 3.63) is 31.2 Å². The Labute approximate surface area is 156 Å². The first-order chi connectivity index (χ1) is 10.8. The van der Waals surface area contributed by atoms with E-state index < -0.39 is 0 Å². The van der Waals surface area contributed by atoms with Crippen molar-refractivity contribution >= 4 is 0 Å². The quantitative estimate of drug-likeness (QED) is 0.422. The molecular weight excluding hydrogens is 271 g/mol. The van der Waals surface area contributed by atoms with Gasteiger partial charge >= 0.3 is 18.9 Å². The Morgan fingerprint density at radius 3 is 1.57 bits per heavy atom. The van der Waals surface area contributed by atoms with Gasteiger partial charge in [0.15, 0.2) is 0 Å². The summed E-state index contributed by atoms with van der Waals surface area (Å²) < 4.78 is 0. The van der Waals surface area contributed by atoms with Gasteiger partial charge in [-0.3, -0.25) is 0 Å².